The minimum Gasteiger partial charge on any atom is -0.481 e. The molecule has 0 bridgehead atoms. The van der Waals surface area contributed by atoms with Crippen LogP contribution in [-0.2, 0) is 20.3 Å². The zero-order valence-electron chi connectivity index (χ0n) is 9.33. The number of alkyl halides is 3. The minimum absolute atomic E-state index is 0.00854. The van der Waals surface area contributed by atoms with Crippen molar-refractivity contribution in [3.63, 3.8) is 0 Å². The van der Waals surface area contributed by atoms with Crippen LogP contribution in [0, 0.1) is 5.92 Å². The highest BCUT2D eigenvalue weighted by Crippen LogP contribution is 2.14. The van der Waals surface area contributed by atoms with Gasteiger partial charge in [0.05, 0.1) is 5.92 Å². The first-order valence-corrected chi connectivity index (χ1v) is 6.43. The molecule has 0 aromatic rings. The van der Waals surface area contributed by atoms with E-state index in [4.69, 9.17) is 5.11 Å². The molecule has 0 aliphatic heterocycles. The lowest BCUT2D eigenvalue weighted by Crippen LogP contribution is -2.20. The van der Waals surface area contributed by atoms with E-state index in [1.807, 2.05) is 0 Å². The highest BCUT2D eigenvalue weighted by molar-refractivity contribution is 7.85. The van der Waals surface area contributed by atoms with Gasteiger partial charge < -0.3 is 9.84 Å². The highest BCUT2D eigenvalue weighted by atomic mass is 32.2. The Kier molecular flexibility index (Phi) is 7.37. The fourth-order valence-corrected chi connectivity index (χ4v) is 2.25. The van der Waals surface area contributed by atoms with Crippen LogP contribution in [0.15, 0.2) is 0 Å². The smallest absolute Gasteiger partial charge is 0.411 e. The van der Waals surface area contributed by atoms with Crippen molar-refractivity contribution in [2.75, 3.05) is 24.7 Å². The SMILES string of the molecule is CC(CS(=O)CCCOCC(F)(F)F)C(=O)O. The van der Waals surface area contributed by atoms with Crippen molar-refractivity contribution in [2.24, 2.45) is 5.92 Å². The molecule has 102 valence electrons. The molecule has 0 aliphatic rings. The molecule has 2 atom stereocenters. The van der Waals surface area contributed by atoms with Gasteiger partial charge in [-0.15, -0.1) is 0 Å². The Balaban J connectivity index is 3.56. The van der Waals surface area contributed by atoms with Gasteiger partial charge in [-0.3, -0.25) is 9.00 Å². The average molecular weight is 276 g/mol. The van der Waals surface area contributed by atoms with E-state index in [1.54, 1.807) is 0 Å². The van der Waals surface area contributed by atoms with Crippen molar-refractivity contribution >= 4 is 16.8 Å². The number of carboxylic acids is 1. The zero-order valence-corrected chi connectivity index (χ0v) is 10.1. The van der Waals surface area contributed by atoms with Crippen LogP contribution in [0.1, 0.15) is 13.3 Å². The number of hydrogen-bond donors (Lipinski definition) is 1. The van der Waals surface area contributed by atoms with Crippen LogP contribution in [-0.4, -0.2) is 46.2 Å². The summed E-state index contributed by atoms with van der Waals surface area (Å²) in [6, 6.07) is 0. The lowest BCUT2D eigenvalue weighted by atomic mass is 10.2. The number of carboxylic acid groups (broad SMARTS) is 1. The molecule has 0 spiro atoms. The molecule has 0 rings (SSSR count). The van der Waals surface area contributed by atoms with Gasteiger partial charge in [0.25, 0.3) is 0 Å². The first kappa shape index (κ1) is 16.4. The summed E-state index contributed by atoms with van der Waals surface area (Å²) >= 11 is 0. The van der Waals surface area contributed by atoms with Crippen molar-refractivity contribution in [3.8, 4) is 0 Å². The lowest BCUT2D eigenvalue weighted by molar-refractivity contribution is -0.173. The minimum atomic E-state index is -4.35. The van der Waals surface area contributed by atoms with Gasteiger partial charge in [0.2, 0.25) is 0 Å². The summed E-state index contributed by atoms with van der Waals surface area (Å²) in [6.07, 6.45) is -4.13. The van der Waals surface area contributed by atoms with Crippen molar-refractivity contribution in [1.82, 2.24) is 0 Å². The van der Waals surface area contributed by atoms with Gasteiger partial charge in [-0.1, -0.05) is 6.92 Å². The molecule has 4 nitrogen and oxygen atoms in total. The van der Waals surface area contributed by atoms with E-state index in [0.29, 0.717) is 0 Å². The zero-order chi connectivity index (χ0) is 13.5. The predicted octanol–water partition coefficient (Wildman–Crippen LogP) is 1.42. The Morgan fingerprint density at radius 2 is 2.06 bits per heavy atom. The topological polar surface area (TPSA) is 63.6 Å². The van der Waals surface area contributed by atoms with Gasteiger partial charge in [0.1, 0.15) is 6.61 Å². The molecular formula is C9H15F3O4S. The summed E-state index contributed by atoms with van der Waals surface area (Å²) in [5.41, 5.74) is 0. The second-order valence-corrected chi connectivity index (χ2v) is 5.19. The molecule has 0 saturated heterocycles. The first-order valence-electron chi connectivity index (χ1n) is 4.94. The maximum Gasteiger partial charge on any atom is 0.411 e. The molecule has 0 amide bonds. The van der Waals surface area contributed by atoms with E-state index in [0.717, 1.165) is 0 Å². The molecular weight excluding hydrogens is 261 g/mol. The summed E-state index contributed by atoms with van der Waals surface area (Å²) in [6.45, 7) is -0.0156. The fourth-order valence-electron chi connectivity index (χ4n) is 0.943. The van der Waals surface area contributed by atoms with E-state index in [-0.39, 0.29) is 24.5 Å². The number of hydrogen-bond acceptors (Lipinski definition) is 3. The molecule has 2 unspecified atom stereocenters. The highest BCUT2D eigenvalue weighted by Gasteiger charge is 2.27. The van der Waals surface area contributed by atoms with Crippen LogP contribution in [0.5, 0.6) is 0 Å². The van der Waals surface area contributed by atoms with Crippen molar-refractivity contribution in [1.29, 1.82) is 0 Å². The lowest BCUT2D eigenvalue weighted by Gasteiger charge is -2.08. The van der Waals surface area contributed by atoms with E-state index < -0.39 is 35.5 Å². The molecule has 0 radical (unpaired) electrons. The summed E-state index contributed by atoms with van der Waals surface area (Å²) in [5, 5.41) is 8.55. The van der Waals surface area contributed by atoms with Gasteiger partial charge >= 0.3 is 12.1 Å². The Hall–Kier alpha value is -0.630. The van der Waals surface area contributed by atoms with Crippen LogP contribution in [0.3, 0.4) is 0 Å². The second kappa shape index (κ2) is 7.65. The fraction of sp³-hybridized carbons (Fsp3) is 0.889. The van der Waals surface area contributed by atoms with E-state index in [2.05, 4.69) is 4.74 Å². The van der Waals surface area contributed by atoms with E-state index in [9.17, 15) is 22.2 Å². The van der Waals surface area contributed by atoms with Crippen LogP contribution >= 0.6 is 0 Å². The van der Waals surface area contributed by atoms with Crippen molar-refractivity contribution < 1.29 is 32.0 Å². The molecule has 0 aromatic heterocycles. The number of aliphatic carboxylic acids is 1. The van der Waals surface area contributed by atoms with E-state index in [1.165, 1.54) is 6.92 Å². The summed E-state index contributed by atoms with van der Waals surface area (Å²) in [4.78, 5) is 10.4. The van der Waals surface area contributed by atoms with Crippen LogP contribution in [0.25, 0.3) is 0 Å². The van der Waals surface area contributed by atoms with Gasteiger partial charge in [-0.2, -0.15) is 13.2 Å². The third kappa shape index (κ3) is 10.3. The largest absolute Gasteiger partial charge is 0.481 e. The van der Waals surface area contributed by atoms with Gasteiger partial charge in [0.15, 0.2) is 0 Å². The van der Waals surface area contributed by atoms with Crippen LogP contribution in [0.2, 0.25) is 0 Å². The normalized spacial score (nSPS) is 15.5. The Morgan fingerprint density at radius 3 is 2.53 bits per heavy atom. The number of halogens is 3. The van der Waals surface area contributed by atoms with Gasteiger partial charge in [-0.05, 0) is 6.42 Å². The van der Waals surface area contributed by atoms with Crippen molar-refractivity contribution in [3.05, 3.63) is 0 Å². The number of carbonyl (C=O) groups is 1. The van der Waals surface area contributed by atoms with Gasteiger partial charge in [0, 0.05) is 28.9 Å². The summed E-state index contributed by atoms with van der Waals surface area (Å²) < 4.78 is 50.6. The summed E-state index contributed by atoms with van der Waals surface area (Å²) in [5.74, 6) is -1.59. The average Bonchev–Trinajstić information content (AvgIpc) is 2.15. The molecule has 8 heteroatoms. The monoisotopic (exact) mass is 276 g/mol. The number of rotatable bonds is 8. The summed E-state index contributed by atoms with van der Waals surface area (Å²) in [7, 11) is -1.34. The molecule has 1 N–H and O–H groups in total. The first-order chi connectivity index (χ1) is 7.72. The van der Waals surface area contributed by atoms with Crippen LogP contribution in [0.4, 0.5) is 13.2 Å². The maximum atomic E-state index is 11.7. The quantitative estimate of drug-likeness (QED) is 0.681. The predicted molar refractivity (Wildman–Crippen MR) is 56.2 cm³/mol. The Labute approximate surface area is 99.6 Å². The third-order valence-corrected chi connectivity index (χ3v) is 3.40. The van der Waals surface area contributed by atoms with E-state index >= 15 is 0 Å². The number of ether oxygens (including phenoxy) is 1. The molecule has 0 saturated carbocycles. The molecule has 17 heavy (non-hydrogen) atoms. The van der Waals surface area contributed by atoms with Crippen molar-refractivity contribution in [2.45, 2.75) is 19.5 Å². The van der Waals surface area contributed by atoms with Crippen LogP contribution < -0.4 is 0 Å². The standard InChI is InChI=1S/C9H15F3O4S/c1-7(8(13)14)5-17(15)4-2-3-16-6-9(10,11)12/h7H,2-6H2,1H3,(H,13,14). The molecule has 0 fully saturated rings. The second-order valence-electron chi connectivity index (χ2n) is 3.57. The Bertz CT molecular complexity index is 267. The Morgan fingerprint density at radius 1 is 1.47 bits per heavy atom. The molecule has 0 heterocycles. The molecule has 0 aliphatic carbocycles. The van der Waals surface area contributed by atoms with Gasteiger partial charge in [-0.25, -0.2) is 0 Å². The third-order valence-electron chi connectivity index (χ3n) is 1.78. The maximum absolute atomic E-state index is 11.7. The molecule has 0 aromatic carbocycles.